The van der Waals surface area contributed by atoms with Crippen LogP contribution in [0, 0.1) is 0 Å². The second-order valence-corrected chi connectivity index (χ2v) is 6.93. The van der Waals surface area contributed by atoms with Gasteiger partial charge in [-0.1, -0.05) is 6.07 Å². The number of hydrogen-bond donors (Lipinski definition) is 1. The SMILES string of the molecule is O=C(Nc1ccc2c(c1)OCCO2)C1(c2cccs2)CCOCC1. The lowest BCUT2D eigenvalue weighted by Gasteiger charge is -2.35. The number of ether oxygens (including phenoxy) is 3. The van der Waals surface area contributed by atoms with Crippen molar-refractivity contribution >= 4 is 22.9 Å². The summed E-state index contributed by atoms with van der Waals surface area (Å²) in [6.45, 7) is 2.29. The van der Waals surface area contributed by atoms with Gasteiger partial charge in [-0.05, 0) is 36.4 Å². The molecule has 0 radical (unpaired) electrons. The van der Waals surface area contributed by atoms with E-state index >= 15 is 0 Å². The molecule has 4 rings (SSSR count). The molecule has 1 N–H and O–H groups in total. The van der Waals surface area contributed by atoms with Crippen LogP contribution < -0.4 is 14.8 Å². The summed E-state index contributed by atoms with van der Waals surface area (Å²) in [5.41, 5.74) is 0.214. The molecule has 2 aliphatic heterocycles. The van der Waals surface area contributed by atoms with Crippen LogP contribution in [-0.4, -0.2) is 32.3 Å². The van der Waals surface area contributed by atoms with Gasteiger partial charge in [0.25, 0.3) is 0 Å². The summed E-state index contributed by atoms with van der Waals surface area (Å²) in [7, 11) is 0. The van der Waals surface area contributed by atoms with Crippen molar-refractivity contribution in [3.8, 4) is 11.5 Å². The van der Waals surface area contributed by atoms with Gasteiger partial charge in [-0.15, -0.1) is 11.3 Å². The average Bonchev–Trinajstić information content (AvgIpc) is 3.17. The van der Waals surface area contributed by atoms with Crippen LogP contribution in [-0.2, 0) is 14.9 Å². The molecule has 1 amide bonds. The molecule has 0 saturated carbocycles. The van der Waals surface area contributed by atoms with E-state index in [-0.39, 0.29) is 5.91 Å². The van der Waals surface area contributed by atoms with Crippen molar-refractivity contribution in [3.63, 3.8) is 0 Å². The summed E-state index contributed by atoms with van der Waals surface area (Å²) >= 11 is 1.63. The average molecular weight is 345 g/mol. The fourth-order valence-electron chi connectivity index (χ4n) is 3.23. The Labute approximate surface area is 144 Å². The number of anilines is 1. The van der Waals surface area contributed by atoms with Gasteiger partial charge in [0.05, 0.1) is 5.41 Å². The molecule has 1 aromatic carbocycles. The first-order chi connectivity index (χ1) is 11.8. The smallest absolute Gasteiger partial charge is 0.236 e. The minimum Gasteiger partial charge on any atom is -0.486 e. The van der Waals surface area contributed by atoms with E-state index in [2.05, 4.69) is 5.32 Å². The first kappa shape index (κ1) is 15.5. The Kier molecular flexibility index (Phi) is 4.16. The van der Waals surface area contributed by atoms with Gasteiger partial charge in [0, 0.05) is 29.8 Å². The van der Waals surface area contributed by atoms with Gasteiger partial charge >= 0.3 is 0 Å². The summed E-state index contributed by atoms with van der Waals surface area (Å²) < 4.78 is 16.6. The quantitative estimate of drug-likeness (QED) is 0.928. The normalized spacial score (nSPS) is 18.8. The van der Waals surface area contributed by atoms with Gasteiger partial charge in [-0.2, -0.15) is 0 Å². The maximum absolute atomic E-state index is 13.1. The summed E-state index contributed by atoms with van der Waals surface area (Å²) in [5.74, 6) is 1.42. The third kappa shape index (κ3) is 2.76. The Morgan fingerprint density at radius 2 is 1.83 bits per heavy atom. The minimum absolute atomic E-state index is 0.0185. The summed E-state index contributed by atoms with van der Waals surface area (Å²) in [5, 5.41) is 5.09. The molecule has 126 valence electrons. The van der Waals surface area contributed by atoms with Gasteiger partial charge in [0.1, 0.15) is 13.2 Å². The second kappa shape index (κ2) is 6.45. The molecule has 0 bridgehead atoms. The van der Waals surface area contributed by atoms with Crippen LogP contribution in [0.15, 0.2) is 35.7 Å². The van der Waals surface area contributed by atoms with Gasteiger partial charge < -0.3 is 19.5 Å². The molecule has 1 fully saturated rings. The van der Waals surface area contributed by atoms with Crippen molar-refractivity contribution in [3.05, 3.63) is 40.6 Å². The molecule has 0 spiro atoms. The van der Waals surface area contributed by atoms with Crippen LogP contribution in [0.2, 0.25) is 0 Å². The molecule has 5 nitrogen and oxygen atoms in total. The van der Waals surface area contributed by atoms with Crippen LogP contribution in [0.3, 0.4) is 0 Å². The maximum Gasteiger partial charge on any atom is 0.236 e. The molecule has 0 aliphatic carbocycles. The zero-order valence-corrected chi connectivity index (χ0v) is 14.1. The molecule has 2 aromatic rings. The Bertz CT molecular complexity index is 723. The van der Waals surface area contributed by atoms with E-state index in [1.165, 1.54) is 0 Å². The fraction of sp³-hybridized carbons (Fsp3) is 0.389. The van der Waals surface area contributed by atoms with Gasteiger partial charge in [0.2, 0.25) is 5.91 Å². The van der Waals surface area contributed by atoms with Crippen molar-refractivity contribution in [2.75, 3.05) is 31.7 Å². The Morgan fingerprint density at radius 3 is 2.58 bits per heavy atom. The fourth-order valence-corrected chi connectivity index (χ4v) is 4.21. The predicted molar refractivity (Wildman–Crippen MR) is 92.1 cm³/mol. The molecule has 3 heterocycles. The van der Waals surface area contributed by atoms with Crippen LogP contribution in [0.1, 0.15) is 17.7 Å². The Hall–Kier alpha value is -2.05. The molecule has 1 aromatic heterocycles. The van der Waals surface area contributed by atoms with Gasteiger partial charge in [0.15, 0.2) is 11.5 Å². The number of carbonyl (C=O) groups excluding carboxylic acids is 1. The number of carbonyl (C=O) groups is 1. The third-order valence-electron chi connectivity index (χ3n) is 4.57. The number of thiophene rings is 1. The lowest BCUT2D eigenvalue weighted by molar-refractivity contribution is -0.125. The highest BCUT2D eigenvalue weighted by atomic mass is 32.1. The van der Waals surface area contributed by atoms with Crippen LogP contribution in [0.25, 0.3) is 0 Å². The molecule has 2 aliphatic rings. The van der Waals surface area contributed by atoms with Gasteiger partial charge in [-0.25, -0.2) is 0 Å². The number of fused-ring (bicyclic) bond motifs is 1. The topological polar surface area (TPSA) is 56.8 Å². The number of rotatable bonds is 3. The Balaban J connectivity index is 1.59. The second-order valence-electron chi connectivity index (χ2n) is 5.98. The zero-order valence-electron chi connectivity index (χ0n) is 13.2. The molecule has 0 unspecified atom stereocenters. The van der Waals surface area contributed by atoms with Crippen molar-refractivity contribution in [2.24, 2.45) is 0 Å². The first-order valence-corrected chi connectivity index (χ1v) is 8.99. The van der Waals surface area contributed by atoms with E-state index in [1.54, 1.807) is 11.3 Å². The highest BCUT2D eigenvalue weighted by molar-refractivity contribution is 7.10. The van der Waals surface area contributed by atoms with E-state index in [4.69, 9.17) is 14.2 Å². The largest absolute Gasteiger partial charge is 0.486 e. The lowest BCUT2D eigenvalue weighted by atomic mass is 9.78. The van der Waals surface area contributed by atoms with Crippen LogP contribution in [0.5, 0.6) is 11.5 Å². The zero-order chi connectivity index (χ0) is 16.4. The molecular formula is C18H19NO4S. The number of hydrogen-bond acceptors (Lipinski definition) is 5. The first-order valence-electron chi connectivity index (χ1n) is 8.11. The van der Waals surface area contributed by atoms with Crippen molar-refractivity contribution < 1.29 is 19.0 Å². The number of amides is 1. The molecule has 24 heavy (non-hydrogen) atoms. The molecule has 6 heteroatoms. The highest BCUT2D eigenvalue weighted by Crippen LogP contribution is 2.39. The highest BCUT2D eigenvalue weighted by Gasteiger charge is 2.42. The van der Waals surface area contributed by atoms with Crippen molar-refractivity contribution in [1.82, 2.24) is 0 Å². The maximum atomic E-state index is 13.1. The minimum atomic E-state index is -0.514. The Morgan fingerprint density at radius 1 is 1.04 bits per heavy atom. The molecule has 0 atom stereocenters. The number of nitrogens with one attached hydrogen (secondary N) is 1. The van der Waals surface area contributed by atoms with E-state index in [1.807, 2.05) is 35.7 Å². The third-order valence-corrected chi connectivity index (χ3v) is 5.65. The predicted octanol–water partition coefficient (Wildman–Crippen LogP) is 3.21. The van der Waals surface area contributed by atoms with Crippen molar-refractivity contribution in [2.45, 2.75) is 18.3 Å². The van der Waals surface area contributed by atoms with Crippen LogP contribution in [0.4, 0.5) is 5.69 Å². The number of benzene rings is 1. The molecule has 1 saturated heterocycles. The van der Waals surface area contributed by atoms with Gasteiger partial charge in [-0.3, -0.25) is 4.79 Å². The summed E-state index contributed by atoms with van der Waals surface area (Å²) in [6, 6.07) is 9.56. The summed E-state index contributed by atoms with van der Waals surface area (Å²) in [4.78, 5) is 14.2. The summed E-state index contributed by atoms with van der Waals surface area (Å²) in [6.07, 6.45) is 1.40. The molecular weight excluding hydrogens is 326 g/mol. The standard InChI is InChI=1S/C18H19NO4S/c20-17(18(5-7-21-8-6-18)16-2-1-11-24-16)19-13-3-4-14-15(12-13)23-10-9-22-14/h1-4,11-12H,5-10H2,(H,19,20). The lowest BCUT2D eigenvalue weighted by Crippen LogP contribution is -2.44. The van der Waals surface area contributed by atoms with E-state index in [0.29, 0.717) is 45.0 Å². The van der Waals surface area contributed by atoms with E-state index in [9.17, 15) is 4.79 Å². The monoisotopic (exact) mass is 345 g/mol. The van der Waals surface area contributed by atoms with Crippen molar-refractivity contribution in [1.29, 1.82) is 0 Å². The van der Waals surface area contributed by atoms with E-state index in [0.717, 1.165) is 16.3 Å². The van der Waals surface area contributed by atoms with Crippen LogP contribution >= 0.6 is 11.3 Å². The van der Waals surface area contributed by atoms with E-state index < -0.39 is 5.41 Å².